The molecule has 2 amide bonds. The van der Waals surface area contributed by atoms with E-state index in [1.807, 2.05) is 6.07 Å². The Morgan fingerprint density at radius 3 is 2.65 bits per heavy atom. The highest BCUT2D eigenvalue weighted by atomic mass is 16.2. The van der Waals surface area contributed by atoms with Gasteiger partial charge in [-0.15, -0.1) is 0 Å². The number of rotatable bonds is 5. The standard InChI is InChI=1S/C15H21N3O2/c1-10(15(20)18-12-6-2-3-7-12)17-13-8-4-5-11(9-13)14(16)19/h4-5,8-10,12,17H,2-3,6-7H2,1H3,(H2,16,19)(H,18,20). The van der Waals surface area contributed by atoms with Crippen LogP contribution < -0.4 is 16.4 Å². The topological polar surface area (TPSA) is 84.2 Å². The van der Waals surface area contributed by atoms with Gasteiger partial charge in [-0.3, -0.25) is 9.59 Å². The molecule has 108 valence electrons. The van der Waals surface area contributed by atoms with Gasteiger partial charge in [0.1, 0.15) is 6.04 Å². The first-order valence-corrected chi connectivity index (χ1v) is 7.03. The van der Waals surface area contributed by atoms with Crippen molar-refractivity contribution in [3.8, 4) is 0 Å². The lowest BCUT2D eigenvalue weighted by Crippen LogP contribution is -2.42. The van der Waals surface area contributed by atoms with Crippen LogP contribution in [0.2, 0.25) is 0 Å². The van der Waals surface area contributed by atoms with Crippen LogP contribution in [-0.2, 0) is 4.79 Å². The van der Waals surface area contributed by atoms with Crippen molar-refractivity contribution in [2.24, 2.45) is 5.73 Å². The second kappa shape index (κ2) is 6.41. The van der Waals surface area contributed by atoms with Gasteiger partial charge in [0.25, 0.3) is 0 Å². The zero-order chi connectivity index (χ0) is 14.5. The Morgan fingerprint density at radius 2 is 2.00 bits per heavy atom. The molecule has 0 aliphatic heterocycles. The van der Waals surface area contributed by atoms with Crippen LogP contribution in [0.25, 0.3) is 0 Å². The third kappa shape index (κ3) is 3.73. The lowest BCUT2D eigenvalue weighted by atomic mass is 10.1. The Hall–Kier alpha value is -2.04. The lowest BCUT2D eigenvalue weighted by Gasteiger charge is -2.18. The fourth-order valence-corrected chi connectivity index (χ4v) is 2.47. The van der Waals surface area contributed by atoms with Gasteiger partial charge in [-0.1, -0.05) is 18.9 Å². The molecule has 5 heteroatoms. The van der Waals surface area contributed by atoms with Crippen molar-refractivity contribution in [1.82, 2.24) is 5.32 Å². The average Bonchev–Trinajstić information content (AvgIpc) is 2.91. The molecule has 1 aliphatic rings. The first kappa shape index (κ1) is 14.4. The van der Waals surface area contributed by atoms with Crippen LogP contribution in [0.5, 0.6) is 0 Å². The SMILES string of the molecule is CC(Nc1cccc(C(N)=O)c1)C(=O)NC1CCCC1. The van der Waals surface area contributed by atoms with E-state index in [0.717, 1.165) is 18.5 Å². The highest BCUT2D eigenvalue weighted by Crippen LogP contribution is 2.18. The van der Waals surface area contributed by atoms with Crippen LogP contribution in [0, 0.1) is 0 Å². The van der Waals surface area contributed by atoms with Crippen LogP contribution in [-0.4, -0.2) is 23.9 Å². The molecule has 0 radical (unpaired) electrons. The van der Waals surface area contributed by atoms with Crippen molar-refractivity contribution >= 4 is 17.5 Å². The fraction of sp³-hybridized carbons (Fsp3) is 0.467. The number of hydrogen-bond donors (Lipinski definition) is 3. The van der Waals surface area contributed by atoms with E-state index in [9.17, 15) is 9.59 Å². The molecule has 20 heavy (non-hydrogen) atoms. The highest BCUT2D eigenvalue weighted by Gasteiger charge is 2.20. The summed E-state index contributed by atoms with van der Waals surface area (Å²) in [4.78, 5) is 23.2. The molecule has 1 aliphatic carbocycles. The maximum atomic E-state index is 12.1. The van der Waals surface area contributed by atoms with Gasteiger partial charge in [-0.2, -0.15) is 0 Å². The Balaban J connectivity index is 1.92. The van der Waals surface area contributed by atoms with Gasteiger partial charge < -0.3 is 16.4 Å². The summed E-state index contributed by atoms with van der Waals surface area (Å²) in [5.74, 6) is -0.488. The van der Waals surface area contributed by atoms with Crippen LogP contribution in [0.3, 0.4) is 0 Å². The summed E-state index contributed by atoms with van der Waals surface area (Å²) in [6.45, 7) is 1.81. The van der Waals surface area contributed by atoms with E-state index in [0.29, 0.717) is 11.6 Å². The predicted molar refractivity (Wildman–Crippen MR) is 78.4 cm³/mol. The Kier molecular flexibility index (Phi) is 4.61. The van der Waals surface area contributed by atoms with Gasteiger partial charge in [0.2, 0.25) is 11.8 Å². The number of primary amides is 1. The molecular weight excluding hydrogens is 254 g/mol. The third-order valence-electron chi connectivity index (χ3n) is 3.63. The largest absolute Gasteiger partial charge is 0.374 e. The number of nitrogens with two attached hydrogens (primary N) is 1. The van der Waals surface area contributed by atoms with Crippen molar-refractivity contribution in [1.29, 1.82) is 0 Å². The molecule has 0 spiro atoms. The first-order valence-electron chi connectivity index (χ1n) is 7.03. The summed E-state index contributed by atoms with van der Waals surface area (Å²) in [6, 6.07) is 6.82. The van der Waals surface area contributed by atoms with Crippen molar-refractivity contribution in [2.75, 3.05) is 5.32 Å². The molecule has 2 rings (SSSR count). The lowest BCUT2D eigenvalue weighted by molar-refractivity contribution is -0.122. The monoisotopic (exact) mass is 275 g/mol. The first-order chi connectivity index (χ1) is 9.56. The molecule has 1 fully saturated rings. The number of nitrogens with one attached hydrogen (secondary N) is 2. The number of carbonyl (C=O) groups is 2. The van der Waals surface area contributed by atoms with E-state index in [1.165, 1.54) is 12.8 Å². The van der Waals surface area contributed by atoms with Gasteiger partial charge in [-0.25, -0.2) is 0 Å². The molecule has 4 N–H and O–H groups in total. The Morgan fingerprint density at radius 1 is 1.30 bits per heavy atom. The molecule has 0 aromatic heterocycles. The van der Waals surface area contributed by atoms with E-state index in [4.69, 9.17) is 5.73 Å². The van der Waals surface area contributed by atoms with Crippen molar-refractivity contribution < 1.29 is 9.59 Å². The quantitative estimate of drug-likeness (QED) is 0.764. The van der Waals surface area contributed by atoms with E-state index in [2.05, 4.69) is 10.6 Å². The van der Waals surface area contributed by atoms with Crippen LogP contribution in [0.1, 0.15) is 43.0 Å². The van der Waals surface area contributed by atoms with Gasteiger partial charge >= 0.3 is 0 Å². The molecule has 1 atom stereocenters. The number of benzene rings is 1. The molecule has 0 bridgehead atoms. The molecule has 0 heterocycles. The Labute approximate surface area is 118 Å². The Bertz CT molecular complexity index is 496. The summed E-state index contributed by atoms with van der Waals surface area (Å²) in [7, 11) is 0. The average molecular weight is 275 g/mol. The number of carbonyl (C=O) groups excluding carboxylic acids is 2. The van der Waals surface area contributed by atoms with Crippen LogP contribution in [0.15, 0.2) is 24.3 Å². The number of amides is 2. The van der Waals surface area contributed by atoms with Gasteiger partial charge in [-0.05, 0) is 38.0 Å². The van der Waals surface area contributed by atoms with Crippen LogP contribution >= 0.6 is 0 Å². The zero-order valence-electron chi connectivity index (χ0n) is 11.7. The van der Waals surface area contributed by atoms with Crippen molar-refractivity contribution in [2.45, 2.75) is 44.7 Å². The maximum absolute atomic E-state index is 12.1. The van der Waals surface area contributed by atoms with Crippen LogP contribution in [0.4, 0.5) is 5.69 Å². The number of anilines is 1. The van der Waals surface area contributed by atoms with Gasteiger partial charge in [0.15, 0.2) is 0 Å². The number of hydrogen-bond acceptors (Lipinski definition) is 3. The van der Waals surface area contributed by atoms with E-state index in [-0.39, 0.29) is 11.9 Å². The predicted octanol–water partition coefficient (Wildman–Crippen LogP) is 1.64. The smallest absolute Gasteiger partial charge is 0.248 e. The minimum Gasteiger partial charge on any atom is -0.374 e. The molecule has 5 nitrogen and oxygen atoms in total. The highest BCUT2D eigenvalue weighted by molar-refractivity contribution is 5.94. The summed E-state index contributed by atoms with van der Waals surface area (Å²) < 4.78 is 0. The second-order valence-corrected chi connectivity index (χ2v) is 5.30. The summed E-state index contributed by atoms with van der Waals surface area (Å²) in [5.41, 5.74) is 6.38. The summed E-state index contributed by atoms with van der Waals surface area (Å²) >= 11 is 0. The second-order valence-electron chi connectivity index (χ2n) is 5.30. The molecule has 1 aromatic rings. The normalized spacial score (nSPS) is 16.6. The fourth-order valence-electron chi connectivity index (χ4n) is 2.47. The van der Waals surface area contributed by atoms with Crippen molar-refractivity contribution in [3.63, 3.8) is 0 Å². The van der Waals surface area contributed by atoms with E-state index < -0.39 is 5.91 Å². The van der Waals surface area contributed by atoms with E-state index >= 15 is 0 Å². The minimum absolute atomic E-state index is 0.0126. The third-order valence-corrected chi connectivity index (χ3v) is 3.63. The van der Waals surface area contributed by atoms with Gasteiger partial charge in [0.05, 0.1) is 0 Å². The maximum Gasteiger partial charge on any atom is 0.248 e. The van der Waals surface area contributed by atoms with Gasteiger partial charge in [0, 0.05) is 17.3 Å². The summed E-state index contributed by atoms with van der Waals surface area (Å²) in [6.07, 6.45) is 4.51. The molecule has 1 unspecified atom stereocenters. The van der Waals surface area contributed by atoms with Crippen molar-refractivity contribution in [3.05, 3.63) is 29.8 Å². The molecular formula is C15H21N3O2. The molecule has 1 saturated carbocycles. The minimum atomic E-state index is -0.475. The van der Waals surface area contributed by atoms with E-state index in [1.54, 1.807) is 25.1 Å². The zero-order valence-corrected chi connectivity index (χ0v) is 11.7. The summed E-state index contributed by atoms with van der Waals surface area (Å²) in [5, 5.41) is 6.13. The molecule has 0 saturated heterocycles. The molecule has 1 aromatic carbocycles.